The minimum atomic E-state index is -0.552. The van der Waals surface area contributed by atoms with Crippen molar-refractivity contribution in [3.8, 4) is 6.07 Å². The van der Waals surface area contributed by atoms with Crippen LogP contribution in [-0.2, 0) is 0 Å². The zero-order valence-electron chi connectivity index (χ0n) is 12.5. The average molecular weight is 280 g/mol. The number of carbonyl (C=O) groups excluding carboxylic acids is 1. The summed E-state index contributed by atoms with van der Waals surface area (Å²) >= 11 is 0. The molecule has 0 N–H and O–H groups in total. The highest BCUT2D eigenvalue weighted by molar-refractivity contribution is 5.96. The van der Waals surface area contributed by atoms with Crippen molar-refractivity contribution in [1.29, 1.82) is 5.26 Å². The van der Waals surface area contributed by atoms with E-state index in [4.69, 9.17) is 5.26 Å². The van der Waals surface area contributed by atoms with Gasteiger partial charge >= 0.3 is 0 Å². The van der Waals surface area contributed by atoms with Crippen molar-refractivity contribution >= 4 is 5.91 Å². The molecule has 1 aromatic heterocycles. The fourth-order valence-electron chi connectivity index (χ4n) is 2.25. The Hall–Kier alpha value is -2.67. The third kappa shape index (κ3) is 2.38. The normalized spacial score (nSPS) is 10.2. The van der Waals surface area contributed by atoms with E-state index < -0.39 is 11.5 Å². The molecule has 0 radical (unpaired) electrons. The van der Waals surface area contributed by atoms with Gasteiger partial charge < -0.3 is 0 Å². The second-order valence-electron chi connectivity index (χ2n) is 5.13. The van der Waals surface area contributed by atoms with Crippen LogP contribution in [0.5, 0.6) is 0 Å². The first-order chi connectivity index (χ1) is 9.88. The van der Waals surface area contributed by atoms with Gasteiger partial charge in [0.05, 0.1) is 0 Å². The quantitative estimate of drug-likeness (QED) is 0.806. The standard InChI is InChI=1S/C17H16N2O2/c1-10-5-7-14(8-6-10)16(20)19-13(4)11(2)12(3)15(9-18)17(19)21/h5-8H,1-4H3. The smallest absolute Gasteiger partial charge is 0.268 e. The maximum Gasteiger partial charge on any atom is 0.275 e. The van der Waals surface area contributed by atoms with Gasteiger partial charge in [0.25, 0.3) is 11.5 Å². The van der Waals surface area contributed by atoms with E-state index in [1.165, 1.54) is 0 Å². The zero-order valence-corrected chi connectivity index (χ0v) is 12.5. The van der Waals surface area contributed by atoms with E-state index in [0.717, 1.165) is 15.7 Å². The number of hydrogen-bond acceptors (Lipinski definition) is 3. The maximum atomic E-state index is 12.6. The van der Waals surface area contributed by atoms with Gasteiger partial charge in [0.15, 0.2) is 0 Å². The molecule has 21 heavy (non-hydrogen) atoms. The van der Waals surface area contributed by atoms with Gasteiger partial charge in [0.1, 0.15) is 11.6 Å². The second-order valence-corrected chi connectivity index (χ2v) is 5.13. The van der Waals surface area contributed by atoms with Crippen molar-refractivity contribution in [2.24, 2.45) is 0 Å². The molecule has 4 nitrogen and oxygen atoms in total. The van der Waals surface area contributed by atoms with Crippen molar-refractivity contribution < 1.29 is 4.79 Å². The molecular formula is C17H16N2O2. The summed E-state index contributed by atoms with van der Waals surface area (Å²) in [7, 11) is 0. The Balaban J connectivity index is 2.73. The number of aromatic nitrogens is 1. The lowest BCUT2D eigenvalue weighted by Gasteiger charge is -2.14. The Morgan fingerprint density at radius 3 is 2.14 bits per heavy atom. The van der Waals surface area contributed by atoms with Gasteiger partial charge in [-0.3, -0.25) is 9.59 Å². The first-order valence-electron chi connectivity index (χ1n) is 6.62. The largest absolute Gasteiger partial charge is 0.275 e. The molecule has 0 unspecified atom stereocenters. The van der Waals surface area contributed by atoms with E-state index in [-0.39, 0.29) is 5.56 Å². The number of pyridine rings is 1. The number of nitrogens with zero attached hydrogens (tertiary/aromatic N) is 2. The lowest BCUT2D eigenvalue weighted by Crippen LogP contribution is -2.32. The van der Waals surface area contributed by atoms with E-state index in [2.05, 4.69) is 0 Å². The molecule has 0 bridgehead atoms. The van der Waals surface area contributed by atoms with Gasteiger partial charge in [-0.1, -0.05) is 17.7 Å². The van der Waals surface area contributed by atoms with Crippen LogP contribution in [0.3, 0.4) is 0 Å². The number of hydrogen-bond donors (Lipinski definition) is 0. The van der Waals surface area contributed by atoms with E-state index >= 15 is 0 Å². The molecule has 0 aliphatic carbocycles. The summed E-state index contributed by atoms with van der Waals surface area (Å²) in [5.41, 5.74) is 2.93. The molecule has 0 amide bonds. The fourth-order valence-corrected chi connectivity index (χ4v) is 2.25. The van der Waals surface area contributed by atoms with Crippen molar-refractivity contribution in [1.82, 2.24) is 4.57 Å². The average Bonchev–Trinajstić information content (AvgIpc) is 2.46. The molecule has 1 heterocycles. The molecule has 0 aliphatic heterocycles. The second kappa shape index (κ2) is 5.37. The highest BCUT2D eigenvalue weighted by Gasteiger charge is 2.19. The number of aryl methyl sites for hydroxylation is 1. The van der Waals surface area contributed by atoms with Crippen LogP contribution in [0.25, 0.3) is 0 Å². The Morgan fingerprint density at radius 2 is 1.62 bits per heavy atom. The molecule has 2 aromatic rings. The van der Waals surface area contributed by atoms with Crippen LogP contribution in [-0.4, -0.2) is 10.5 Å². The SMILES string of the molecule is Cc1ccc(C(=O)n2c(C)c(C)c(C)c(C#N)c2=O)cc1. The van der Waals surface area contributed by atoms with Gasteiger partial charge in [0.2, 0.25) is 0 Å². The van der Waals surface area contributed by atoms with Gasteiger partial charge in [-0.2, -0.15) is 5.26 Å². The number of benzene rings is 1. The van der Waals surface area contributed by atoms with Crippen LogP contribution in [0.2, 0.25) is 0 Å². The summed E-state index contributed by atoms with van der Waals surface area (Å²) < 4.78 is 1.09. The highest BCUT2D eigenvalue weighted by Crippen LogP contribution is 2.15. The topological polar surface area (TPSA) is 62.9 Å². The molecule has 0 spiro atoms. The summed E-state index contributed by atoms with van der Waals surface area (Å²) in [5.74, 6) is -0.405. The predicted octanol–water partition coefficient (Wildman–Crippen LogP) is 2.64. The predicted molar refractivity (Wildman–Crippen MR) is 80.5 cm³/mol. The van der Waals surface area contributed by atoms with Crippen molar-refractivity contribution in [3.05, 3.63) is 68.1 Å². The lowest BCUT2D eigenvalue weighted by atomic mass is 10.0. The van der Waals surface area contributed by atoms with Crippen molar-refractivity contribution in [2.75, 3.05) is 0 Å². The van der Waals surface area contributed by atoms with E-state index in [1.54, 1.807) is 26.0 Å². The summed E-state index contributed by atoms with van der Waals surface area (Å²) in [6, 6.07) is 8.91. The summed E-state index contributed by atoms with van der Waals surface area (Å²) in [4.78, 5) is 25.0. The van der Waals surface area contributed by atoms with Gasteiger partial charge in [-0.05, 0) is 51.0 Å². The summed E-state index contributed by atoms with van der Waals surface area (Å²) in [6.45, 7) is 7.18. The highest BCUT2D eigenvalue weighted by atomic mass is 16.2. The minimum absolute atomic E-state index is 0.0264. The van der Waals surface area contributed by atoms with Gasteiger partial charge in [-0.25, -0.2) is 4.57 Å². The molecule has 4 heteroatoms. The van der Waals surface area contributed by atoms with E-state index in [9.17, 15) is 9.59 Å². The Bertz CT molecular complexity index is 822. The van der Waals surface area contributed by atoms with Crippen LogP contribution in [0.1, 0.15) is 38.3 Å². The van der Waals surface area contributed by atoms with Crippen LogP contribution >= 0.6 is 0 Å². The molecule has 0 aliphatic rings. The third-order valence-electron chi connectivity index (χ3n) is 3.85. The molecule has 0 saturated heterocycles. The summed E-state index contributed by atoms with van der Waals surface area (Å²) in [5, 5.41) is 9.15. The molecule has 1 aromatic carbocycles. The van der Waals surface area contributed by atoms with Crippen molar-refractivity contribution in [3.63, 3.8) is 0 Å². The van der Waals surface area contributed by atoms with Crippen LogP contribution in [0, 0.1) is 39.0 Å². The molecule has 0 fully saturated rings. The van der Waals surface area contributed by atoms with Gasteiger partial charge in [0, 0.05) is 11.3 Å². The van der Waals surface area contributed by atoms with Crippen molar-refractivity contribution in [2.45, 2.75) is 27.7 Å². The maximum absolute atomic E-state index is 12.6. The Morgan fingerprint density at radius 1 is 1.05 bits per heavy atom. The van der Waals surface area contributed by atoms with Crippen LogP contribution < -0.4 is 5.56 Å². The van der Waals surface area contributed by atoms with Gasteiger partial charge in [-0.15, -0.1) is 0 Å². The first kappa shape index (κ1) is 14.7. The van der Waals surface area contributed by atoms with E-state index in [0.29, 0.717) is 16.8 Å². The minimum Gasteiger partial charge on any atom is -0.268 e. The number of nitriles is 1. The first-order valence-corrected chi connectivity index (χ1v) is 6.62. The Kier molecular flexibility index (Phi) is 3.77. The fraction of sp³-hybridized carbons (Fsp3) is 0.235. The Labute approximate surface area is 123 Å². The monoisotopic (exact) mass is 280 g/mol. The molecule has 0 saturated carbocycles. The van der Waals surface area contributed by atoms with Crippen LogP contribution in [0.15, 0.2) is 29.1 Å². The number of rotatable bonds is 1. The lowest BCUT2D eigenvalue weighted by molar-refractivity contribution is 0.0953. The molecule has 2 rings (SSSR count). The molecular weight excluding hydrogens is 264 g/mol. The van der Waals surface area contributed by atoms with E-state index in [1.807, 2.05) is 32.0 Å². The molecule has 0 atom stereocenters. The van der Waals surface area contributed by atoms with Crippen LogP contribution in [0.4, 0.5) is 0 Å². The zero-order chi connectivity index (χ0) is 15.7. The third-order valence-corrected chi connectivity index (χ3v) is 3.85. The summed E-state index contributed by atoms with van der Waals surface area (Å²) in [6.07, 6.45) is 0. The number of carbonyl (C=O) groups is 1. The molecule has 106 valence electrons.